The van der Waals surface area contributed by atoms with Crippen molar-refractivity contribution in [3.8, 4) is 11.8 Å². The molecular formula is C33H55NO4Si2. The summed E-state index contributed by atoms with van der Waals surface area (Å²) in [5.74, 6) is 0.334. The van der Waals surface area contributed by atoms with Gasteiger partial charge in [-0.3, -0.25) is 0 Å². The lowest BCUT2D eigenvalue weighted by molar-refractivity contribution is 0.00653. The number of allylic oxidation sites excluding steroid dienone is 2. The standard InChI is InChI=1S/C33H55NO4Si2/c1-14-18-25(3)29(38-40(12,13)33(7,8)9)24-27(21-17-23-34)36-31(35)30-26(19-15-2)20-16-22-28(30)37-39(10,11)32(4,5)6/h14-16,20,22,25,27,29H,1-2,17-19,21,24H2,3-13H3/t25-,27-,29+/m0/s1. The highest BCUT2D eigenvalue weighted by atomic mass is 28.4. The van der Waals surface area contributed by atoms with Crippen LogP contribution in [0.15, 0.2) is 43.5 Å². The van der Waals surface area contributed by atoms with Crippen molar-refractivity contribution in [1.82, 2.24) is 0 Å². The van der Waals surface area contributed by atoms with E-state index < -0.39 is 28.7 Å². The molecule has 0 heterocycles. The van der Waals surface area contributed by atoms with E-state index in [1.54, 1.807) is 6.08 Å². The predicted molar refractivity (Wildman–Crippen MR) is 173 cm³/mol. The zero-order valence-electron chi connectivity index (χ0n) is 27.1. The number of nitrogens with zero attached hydrogens (tertiary/aromatic N) is 1. The van der Waals surface area contributed by atoms with E-state index in [0.717, 1.165) is 12.0 Å². The molecule has 0 spiro atoms. The van der Waals surface area contributed by atoms with Crippen molar-refractivity contribution in [2.24, 2.45) is 5.92 Å². The van der Waals surface area contributed by atoms with Crippen LogP contribution < -0.4 is 4.43 Å². The van der Waals surface area contributed by atoms with Gasteiger partial charge in [-0.2, -0.15) is 5.26 Å². The van der Waals surface area contributed by atoms with Crippen LogP contribution in [0.4, 0.5) is 0 Å². The predicted octanol–water partition coefficient (Wildman–Crippen LogP) is 9.62. The van der Waals surface area contributed by atoms with Gasteiger partial charge in [-0.1, -0.05) is 72.8 Å². The minimum atomic E-state index is -2.23. The maximum atomic E-state index is 13.9. The third-order valence-electron chi connectivity index (χ3n) is 8.62. The number of nitriles is 1. The van der Waals surface area contributed by atoms with Crippen LogP contribution in [0.25, 0.3) is 0 Å². The Kier molecular flexibility index (Phi) is 13.1. The average molecular weight is 586 g/mol. The Hall–Kier alpha value is -2.15. The molecule has 3 atom stereocenters. The van der Waals surface area contributed by atoms with Gasteiger partial charge in [0.2, 0.25) is 0 Å². The second-order valence-corrected chi connectivity index (χ2v) is 23.5. The molecule has 1 aromatic rings. The first-order valence-corrected chi connectivity index (χ1v) is 20.4. The summed E-state index contributed by atoms with van der Waals surface area (Å²) in [4.78, 5) is 13.9. The van der Waals surface area contributed by atoms with E-state index in [4.69, 9.17) is 13.6 Å². The van der Waals surface area contributed by atoms with Crippen molar-refractivity contribution in [3.63, 3.8) is 0 Å². The monoisotopic (exact) mass is 585 g/mol. The van der Waals surface area contributed by atoms with E-state index in [1.165, 1.54) is 0 Å². The van der Waals surface area contributed by atoms with Gasteiger partial charge in [-0.05, 0) is 73.1 Å². The molecule has 0 fully saturated rings. The maximum Gasteiger partial charge on any atom is 0.342 e. The lowest BCUT2D eigenvalue weighted by Gasteiger charge is -2.41. The fourth-order valence-corrected chi connectivity index (χ4v) is 6.40. The first kappa shape index (κ1) is 35.9. The number of benzene rings is 1. The van der Waals surface area contributed by atoms with Gasteiger partial charge in [-0.25, -0.2) is 4.79 Å². The number of rotatable bonds is 15. The van der Waals surface area contributed by atoms with Crippen LogP contribution in [0.1, 0.15) is 90.1 Å². The molecule has 0 N–H and O–H groups in total. The Morgan fingerprint density at radius 1 is 1.02 bits per heavy atom. The first-order chi connectivity index (χ1) is 18.3. The van der Waals surface area contributed by atoms with E-state index in [1.807, 2.05) is 24.3 Å². The number of esters is 1. The Bertz CT molecular complexity index is 1040. The third-order valence-corrected chi connectivity index (χ3v) is 17.5. The summed E-state index contributed by atoms with van der Waals surface area (Å²) >= 11 is 0. The van der Waals surface area contributed by atoms with Gasteiger partial charge >= 0.3 is 5.97 Å². The third kappa shape index (κ3) is 10.0. The summed E-state index contributed by atoms with van der Waals surface area (Å²) in [7, 11) is -4.33. The Morgan fingerprint density at radius 2 is 1.62 bits per heavy atom. The summed E-state index contributed by atoms with van der Waals surface area (Å²) in [6.07, 6.45) is 5.70. The molecule has 0 radical (unpaired) electrons. The molecule has 0 saturated heterocycles. The van der Waals surface area contributed by atoms with Gasteiger partial charge in [0.15, 0.2) is 8.32 Å². The van der Waals surface area contributed by atoms with Crippen molar-refractivity contribution in [2.45, 2.75) is 129 Å². The van der Waals surface area contributed by atoms with Crippen molar-refractivity contribution >= 4 is 22.6 Å². The van der Waals surface area contributed by atoms with Gasteiger partial charge in [-0.15, -0.1) is 13.2 Å². The molecule has 0 aliphatic heterocycles. The molecule has 40 heavy (non-hydrogen) atoms. The summed E-state index contributed by atoms with van der Waals surface area (Å²) < 4.78 is 19.8. The SMILES string of the molecule is C=CCc1cccc(O[Si](C)(C)C(C)(C)C)c1C(=O)O[C@@H](CCC#N)C[C@@H](O[Si](C)(C)C(C)(C)C)[C@@H](C)CC=C. The smallest absolute Gasteiger partial charge is 0.342 e. The highest BCUT2D eigenvalue weighted by Crippen LogP contribution is 2.41. The molecule has 7 heteroatoms. The second kappa shape index (κ2) is 14.7. The Balaban J connectivity index is 3.47. The lowest BCUT2D eigenvalue weighted by Crippen LogP contribution is -2.46. The van der Waals surface area contributed by atoms with Crippen LogP contribution in [0.2, 0.25) is 36.3 Å². The molecule has 0 aliphatic rings. The van der Waals surface area contributed by atoms with Crippen LogP contribution in [0.3, 0.4) is 0 Å². The molecule has 0 aromatic heterocycles. The molecule has 0 aliphatic carbocycles. The minimum absolute atomic E-state index is 0.0342. The molecule has 1 rings (SSSR count). The second-order valence-electron chi connectivity index (χ2n) is 14.0. The van der Waals surface area contributed by atoms with Gasteiger partial charge < -0.3 is 13.6 Å². The fraction of sp³-hybridized carbons (Fsp3) is 0.636. The van der Waals surface area contributed by atoms with Gasteiger partial charge in [0.1, 0.15) is 17.4 Å². The van der Waals surface area contributed by atoms with E-state index in [2.05, 4.69) is 93.9 Å². The Labute approximate surface area is 247 Å². The largest absolute Gasteiger partial charge is 0.543 e. The first-order valence-electron chi connectivity index (χ1n) is 14.6. The number of carbonyl (C=O) groups is 1. The van der Waals surface area contributed by atoms with Crippen molar-refractivity contribution in [3.05, 3.63) is 54.6 Å². The minimum Gasteiger partial charge on any atom is -0.543 e. The highest BCUT2D eigenvalue weighted by molar-refractivity contribution is 6.75. The number of hydrogen-bond donors (Lipinski definition) is 0. The Morgan fingerprint density at radius 3 is 2.12 bits per heavy atom. The molecule has 5 nitrogen and oxygen atoms in total. The van der Waals surface area contributed by atoms with E-state index >= 15 is 0 Å². The molecule has 1 aromatic carbocycles. The zero-order valence-corrected chi connectivity index (χ0v) is 29.1. The molecule has 0 amide bonds. The lowest BCUT2D eigenvalue weighted by atomic mass is 9.94. The summed E-state index contributed by atoms with van der Waals surface area (Å²) in [6, 6.07) is 7.94. The van der Waals surface area contributed by atoms with E-state index in [-0.39, 0.29) is 22.1 Å². The van der Waals surface area contributed by atoms with Crippen LogP contribution in [-0.4, -0.2) is 34.8 Å². The number of hydrogen-bond acceptors (Lipinski definition) is 5. The number of ether oxygens (including phenoxy) is 1. The normalized spacial score (nSPS) is 14.9. The quantitative estimate of drug-likeness (QED) is 0.116. The maximum absolute atomic E-state index is 13.9. The molecular weight excluding hydrogens is 531 g/mol. The highest BCUT2D eigenvalue weighted by Gasteiger charge is 2.42. The molecule has 224 valence electrons. The van der Waals surface area contributed by atoms with Crippen LogP contribution in [0.5, 0.6) is 5.75 Å². The van der Waals surface area contributed by atoms with Crippen molar-refractivity contribution in [2.75, 3.05) is 0 Å². The van der Waals surface area contributed by atoms with Crippen molar-refractivity contribution < 1.29 is 18.4 Å². The fourth-order valence-electron chi connectivity index (χ4n) is 3.93. The molecule has 0 unspecified atom stereocenters. The van der Waals surface area contributed by atoms with Crippen LogP contribution >= 0.6 is 0 Å². The molecule has 0 bridgehead atoms. The summed E-state index contributed by atoms with van der Waals surface area (Å²) in [5.41, 5.74) is 1.28. The number of carbonyl (C=O) groups excluding carboxylic acids is 1. The molecule has 0 saturated carbocycles. The van der Waals surface area contributed by atoms with Crippen LogP contribution in [0, 0.1) is 17.2 Å². The average Bonchev–Trinajstić information content (AvgIpc) is 2.80. The summed E-state index contributed by atoms with van der Waals surface area (Å²) in [6.45, 7) is 32.0. The summed E-state index contributed by atoms with van der Waals surface area (Å²) in [5, 5.41) is 9.40. The van der Waals surface area contributed by atoms with Gasteiger partial charge in [0.25, 0.3) is 8.32 Å². The van der Waals surface area contributed by atoms with Crippen LogP contribution in [-0.2, 0) is 15.6 Å². The topological polar surface area (TPSA) is 68.5 Å². The van der Waals surface area contributed by atoms with E-state index in [9.17, 15) is 10.1 Å². The van der Waals surface area contributed by atoms with Crippen molar-refractivity contribution in [1.29, 1.82) is 5.26 Å². The van der Waals surface area contributed by atoms with E-state index in [0.29, 0.717) is 37.0 Å². The zero-order chi connectivity index (χ0) is 30.9. The van der Waals surface area contributed by atoms with Gasteiger partial charge in [0.05, 0.1) is 12.2 Å². The van der Waals surface area contributed by atoms with Gasteiger partial charge in [0, 0.05) is 12.8 Å².